The minimum absolute atomic E-state index is 0.0144. The lowest BCUT2D eigenvalue weighted by molar-refractivity contribution is -0.139. The fourth-order valence-corrected chi connectivity index (χ4v) is 3.46. The molecule has 2 amide bonds. The Hall–Kier alpha value is -2.68. The van der Waals surface area contributed by atoms with E-state index in [1.165, 1.54) is 0 Å². The maximum Gasteiger partial charge on any atom is 0.319 e. The van der Waals surface area contributed by atoms with Gasteiger partial charge in [0.1, 0.15) is 19.0 Å². The zero-order valence-electron chi connectivity index (χ0n) is 16.2. The summed E-state index contributed by atoms with van der Waals surface area (Å²) in [7, 11) is 0. The molecule has 0 bridgehead atoms. The molecule has 28 heavy (non-hydrogen) atoms. The average molecular weight is 393 g/mol. The van der Waals surface area contributed by atoms with Crippen molar-refractivity contribution in [3.05, 3.63) is 12.1 Å². The maximum absolute atomic E-state index is 12.4. The second-order valence-electron chi connectivity index (χ2n) is 6.80. The highest BCUT2D eigenvalue weighted by atomic mass is 16.6. The lowest BCUT2D eigenvalue weighted by atomic mass is 9.85. The van der Waals surface area contributed by atoms with Crippen LogP contribution in [-0.2, 0) is 4.79 Å². The Morgan fingerprint density at radius 2 is 1.89 bits per heavy atom. The first-order chi connectivity index (χ1) is 13.5. The van der Waals surface area contributed by atoms with E-state index in [0.29, 0.717) is 49.3 Å². The van der Waals surface area contributed by atoms with Gasteiger partial charge in [-0.3, -0.25) is 9.69 Å². The smallest absolute Gasteiger partial charge is 0.319 e. The van der Waals surface area contributed by atoms with Crippen LogP contribution in [-0.4, -0.2) is 67.0 Å². The molecule has 9 heteroatoms. The van der Waals surface area contributed by atoms with E-state index in [9.17, 15) is 9.59 Å². The number of nitrogens with one attached hydrogen (secondary N) is 2. The lowest BCUT2D eigenvalue weighted by Crippen LogP contribution is -2.55. The number of ether oxygens (including phenoxy) is 3. The predicted molar refractivity (Wildman–Crippen MR) is 102 cm³/mol. The second-order valence-corrected chi connectivity index (χ2v) is 6.80. The zero-order valence-corrected chi connectivity index (χ0v) is 16.2. The van der Waals surface area contributed by atoms with Crippen LogP contribution in [0.3, 0.4) is 0 Å². The number of anilines is 1. The number of carbonyl (C=O) groups is 2. The van der Waals surface area contributed by atoms with Crippen molar-refractivity contribution in [2.75, 3.05) is 38.2 Å². The van der Waals surface area contributed by atoms with Crippen LogP contribution >= 0.6 is 0 Å². The predicted octanol–water partition coefficient (Wildman–Crippen LogP) is 1.92. The highest BCUT2D eigenvalue weighted by molar-refractivity contribution is 5.92. The molecule has 3 N–H and O–H groups in total. The SMILES string of the molecule is CCOc1cc2c(cc1NC(=O)NC1CC(N(CC)CC(=O)O)C1)OCCO2. The Kier molecular flexibility index (Phi) is 6.45. The monoisotopic (exact) mass is 393 g/mol. The number of hydrogen-bond acceptors (Lipinski definition) is 6. The van der Waals surface area contributed by atoms with Gasteiger partial charge in [-0.15, -0.1) is 0 Å². The lowest BCUT2D eigenvalue weighted by Gasteiger charge is -2.42. The third-order valence-corrected chi connectivity index (χ3v) is 4.90. The Labute approximate surface area is 163 Å². The Bertz CT molecular complexity index is 720. The molecule has 0 radical (unpaired) electrons. The maximum atomic E-state index is 12.4. The Balaban J connectivity index is 1.56. The van der Waals surface area contributed by atoms with E-state index in [4.69, 9.17) is 19.3 Å². The largest absolute Gasteiger partial charge is 0.492 e. The number of urea groups is 1. The number of rotatable bonds is 8. The molecule has 1 saturated carbocycles. The molecule has 0 unspecified atom stereocenters. The fraction of sp³-hybridized carbons (Fsp3) is 0.579. The van der Waals surface area contributed by atoms with Crippen molar-refractivity contribution in [3.8, 4) is 17.2 Å². The van der Waals surface area contributed by atoms with Crippen LogP contribution in [0.1, 0.15) is 26.7 Å². The van der Waals surface area contributed by atoms with Gasteiger partial charge in [-0.05, 0) is 26.3 Å². The summed E-state index contributed by atoms with van der Waals surface area (Å²) in [5.41, 5.74) is 0.514. The molecule has 1 aliphatic heterocycles. The first kappa shape index (κ1) is 20.1. The van der Waals surface area contributed by atoms with Crippen molar-refractivity contribution in [3.63, 3.8) is 0 Å². The average Bonchev–Trinajstić information content (AvgIpc) is 2.63. The molecule has 0 saturated heterocycles. The fourth-order valence-electron chi connectivity index (χ4n) is 3.46. The molecular formula is C19H27N3O6. The van der Waals surface area contributed by atoms with Crippen molar-refractivity contribution in [1.29, 1.82) is 0 Å². The van der Waals surface area contributed by atoms with Gasteiger partial charge >= 0.3 is 12.0 Å². The summed E-state index contributed by atoms with van der Waals surface area (Å²) in [6.07, 6.45) is 1.46. The molecule has 2 aliphatic rings. The van der Waals surface area contributed by atoms with E-state index in [2.05, 4.69) is 10.6 Å². The summed E-state index contributed by atoms with van der Waals surface area (Å²) in [6, 6.07) is 3.29. The van der Waals surface area contributed by atoms with Crippen LogP contribution in [0.25, 0.3) is 0 Å². The normalized spacial score (nSPS) is 20.2. The van der Waals surface area contributed by atoms with Crippen molar-refractivity contribution in [2.45, 2.75) is 38.8 Å². The molecule has 0 aromatic heterocycles. The summed E-state index contributed by atoms with van der Waals surface area (Å²) in [5, 5.41) is 14.7. The van der Waals surface area contributed by atoms with Crippen molar-refractivity contribution in [1.82, 2.24) is 10.2 Å². The van der Waals surface area contributed by atoms with Crippen molar-refractivity contribution < 1.29 is 28.9 Å². The highest BCUT2D eigenvalue weighted by Crippen LogP contribution is 2.39. The second kappa shape index (κ2) is 9.01. The standard InChI is InChI=1S/C19H27N3O6/c1-3-22(11-18(23)24)13-7-12(8-13)20-19(25)21-14-9-16-17(28-6-5-27-16)10-15(14)26-4-2/h9-10,12-13H,3-8,11H2,1-2H3,(H,23,24)(H2,20,21,25). The molecule has 154 valence electrons. The third-order valence-electron chi connectivity index (χ3n) is 4.90. The van der Waals surface area contributed by atoms with Gasteiger partial charge in [-0.25, -0.2) is 4.79 Å². The zero-order chi connectivity index (χ0) is 20.1. The molecule has 9 nitrogen and oxygen atoms in total. The molecule has 1 fully saturated rings. The minimum Gasteiger partial charge on any atom is -0.492 e. The Morgan fingerprint density at radius 1 is 1.21 bits per heavy atom. The summed E-state index contributed by atoms with van der Waals surface area (Å²) in [6.45, 7) is 5.89. The number of likely N-dealkylation sites (N-methyl/N-ethyl adjacent to an activating group) is 1. The van der Waals surface area contributed by atoms with Gasteiger partial charge in [0.2, 0.25) is 0 Å². The minimum atomic E-state index is -0.835. The van der Waals surface area contributed by atoms with E-state index < -0.39 is 5.97 Å². The summed E-state index contributed by atoms with van der Waals surface area (Å²) in [4.78, 5) is 25.2. The van der Waals surface area contributed by atoms with E-state index >= 15 is 0 Å². The van der Waals surface area contributed by atoms with Gasteiger partial charge in [0.25, 0.3) is 0 Å². The van der Waals surface area contributed by atoms with Crippen LogP contribution in [0.15, 0.2) is 12.1 Å². The number of hydrogen-bond donors (Lipinski definition) is 3. The van der Waals surface area contributed by atoms with Crippen LogP contribution in [0.4, 0.5) is 10.5 Å². The van der Waals surface area contributed by atoms with Crippen LogP contribution in [0.5, 0.6) is 17.2 Å². The summed E-state index contributed by atoms with van der Waals surface area (Å²) >= 11 is 0. The molecule has 0 atom stereocenters. The number of benzene rings is 1. The molecule has 1 aromatic carbocycles. The van der Waals surface area contributed by atoms with Gasteiger partial charge in [0, 0.05) is 24.2 Å². The van der Waals surface area contributed by atoms with E-state index in [0.717, 1.165) is 12.8 Å². The Morgan fingerprint density at radius 3 is 2.50 bits per heavy atom. The number of amides is 2. The number of carboxylic acid groups (broad SMARTS) is 1. The number of nitrogens with zero attached hydrogens (tertiary/aromatic N) is 1. The summed E-state index contributed by atoms with van der Waals surface area (Å²) in [5.74, 6) is 0.853. The van der Waals surface area contributed by atoms with E-state index in [1.54, 1.807) is 12.1 Å². The topological polar surface area (TPSA) is 109 Å². The van der Waals surface area contributed by atoms with Crippen LogP contribution in [0.2, 0.25) is 0 Å². The van der Waals surface area contributed by atoms with Gasteiger partial charge < -0.3 is 30.0 Å². The first-order valence-electron chi connectivity index (χ1n) is 9.60. The van der Waals surface area contributed by atoms with Crippen LogP contribution in [0, 0.1) is 0 Å². The number of fused-ring (bicyclic) bond motifs is 1. The molecular weight excluding hydrogens is 366 g/mol. The van der Waals surface area contributed by atoms with Crippen molar-refractivity contribution >= 4 is 17.7 Å². The van der Waals surface area contributed by atoms with E-state index in [-0.39, 0.29) is 24.7 Å². The van der Waals surface area contributed by atoms with Gasteiger partial charge in [0.05, 0.1) is 18.8 Å². The molecule has 0 spiro atoms. The van der Waals surface area contributed by atoms with Gasteiger partial charge in [0.15, 0.2) is 11.5 Å². The van der Waals surface area contributed by atoms with E-state index in [1.807, 2.05) is 18.7 Å². The number of carbonyl (C=O) groups excluding carboxylic acids is 1. The quantitative estimate of drug-likeness (QED) is 0.619. The molecule has 3 rings (SSSR count). The number of carboxylic acids is 1. The third kappa shape index (κ3) is 4.78. The molecule has 1 heterocycles. The van der Waals surface area contributed by atoms with Gasteiger partial charge in [-0.1, -0.05) is 6.92 Å². The van der Waals surface area contributed by atoms with Gasteiger partial charge in [-0.2, -0.15) is 0 Å². The highest BCUT2D eigenvalue weighted by Gasteiger charge is 2.34. The first-order valence-corrected chi connectivity index (χ1v) is 9.60. The number of aliphatic carboxylic acids is 1. The van der Waals surface area contributed by atoms with Crippen LogP contribution < -0.4 is 24.8 Å². The summed E-state index contributed by atoms with van der Waals surface area (Å²) < 4.78 is 16.7. The molecule has 1 aliphatic carbocycles. The molecule has 1 aromatic rings. The van der Waals surface area contributed by atoms with Crippen molar-refractivity contribution in [2.24, 2.45) is 0 Å².